The Morgan fingerprint density at radius 2 is 2.00 bits per heavy atom. The van der Waals surface area contributed by atoms with Crippen molar-refractivity contribution in [3.8, 4) is 0 Å². The van der Waals surface area contributed by atoms with E-state index in [-0.39, 0.29) is 17.4 Å². The minimum Gasteiger partial charge on any atom is -0.341 e. The largest absolute Gasteiger partial charge is 0.341 e. The molecule has 1 atom stereocenters. The van der Waals surface area contributed by atoms with Crippen LogP contribution in [0, 0.1) is 11.3 Å². The smallest absolute Gasteiger partial charge is 0.225 e. The molecule has 0 aliphatic carbocycles. The SMILES string of the molecule is CCC(CC)C(=O)N1CCC(C)(C)C(N)C1. The third-order valence-corrected chi connectivity index (χ3v) is 4.09. The molecular weight excluding hydrogens is 200 g/mol. The monoisotopic (exact) mass is 226 g/mol. The summed E-state index contributed by atoms with van der Waals surface area (Å²) < 4.78 is 0. The third kappa shape index (κ3) is 2.76. The van der Waals surface area contributed by atoms with Gasteiger partial charge in [-0.15, -0.1) is 0 Å². The van der Waals surface area contributed by atoms with Gasteiger partial charge in [-0.2, -0.15) is 0 Å². The van der Waals surface area contributed by atoms with E-state index in [1.165, 1.54) is 0 Å². The van der Waals surface area contributed by atoms with Crippen LogP contribution in [-0.4, -0.2) is 29.9 Å². The van der Waals surface area contributed by atoms with Crippen LogP contribution in [0.1, 0.15) is 47.0 Å². The topological polar surface area (TPSA) is 46.3 Å². The Morgan fingerprint density at radius 3 is 2.44 bits per heavy atom. The minimum atomic E-state index is 0.111. The van der Waals surface area contributed by atoms with Gasteiger partial charge in [0.15, 0.2) is 0 Å². The maximum atomic E-state index is 12.2. The highest BCUT2D eigenvalue weighted by molar-refractivity contribution is 5.78. The molecule has 1 aliphatic heterocycles. The number of amides is 1. The van der Waals surface area contributed by atoms with Crippen molar-refractivity contribution in [3.05, 3.63) is 0 Å². The van der Waals surface area contributed by atoms with E-state index in [2.05, 4.69) is 27.7 Å². The van der Waals surface area contributed by atoms with Gasteiger partial charge in [0.05, 0.1) is 0 Å². The second-order valence-corrected chi connectivity index (χ2v) is 5.64. The molecule has 1 amide bonds. The van der Waals surface area contributed by atoms with Gasteiger partial charge >= 0.3 is 0 Å². The number of rotatable bonds is 3. The first-order valence-corrected chi connectivity index (χ1v) is 6.46. The predicted octanol–water partition coefficient (Wildman–Crippen LogP) is 2.01. The van der Waals surface area contributed by atoms with Crippen molar-refractivity contribution in [2.24, 2.45) is 17.1 Å². The van der Waals surface area contributed by atoms with Crippen LogP contribution in [0.3, 0.4) is 0 Å². The number of nitrogens with two attached hydrogens (primary N) is 1. The van der Waals surface area contributed by atoms with Crippen LogP contribution in [0.5, 0.6) is 0 Å². The first-order valence-electron chi connectivity index (χ1n) is 6.46. The normalized spacial score (nSPS) is 24.9. The van der Waals surface area contributed by atoms with E-state index in [0.717, 1.165) is 32.4 Å². The van der Waals surface area contributed by atoms with Gasteiger partial charge in [-0.05, 0) is 24.7 Å². The van der Waals surface area contributed by atoms with Crippen molar-refractivity contribution < 1.29 is 4.79 Å². The molecule has 0 aromatic heterocycles. The van der Waals surface area contributed by atoms with Gasteiger partial charge < -0.3 is 10.6 Å². The van der Waals surface area contributed by atoms with Crippen molar-refractivity contribution in [2.75, 3.05) is 13.1 Å². The lowest BCUT2D eigenvalue weighted by Crippen LogP contribution is -2.55. The molecule has 0 saturated carbocycles. The van der Waals surface area contributed by atoms with Gasteiger partial charge in [-0.25, -0.2) is 0 Å². The van der Waals surface area contributed by atoms with Crippen LogP contribution in [0.4, 0.5) is 0 Å². The first kappa shape index (κ1) is 13.5. The van der Waals surface area contributed by atoms with Gasteiger partial charge in [-0.3, -0.25) is 4.79 Å². The van der Waals surface area contributed by atoms with E-state index < -0.39 is 0 Å². The molecule has 0 radical (unpaired) electrons. The van der Waals surface area contributed by atoms with Gasteiger partial charge in [0.1, 0.15) is 0 Å². The maximum absolute atomic E-state index is 12.2. The summed E-state index contributed by atoms with van der Waals surface area (Å²) in [5, 5.41) is 0. The highest BCUT2D eigenvalue weighted by Crippen LogP contribution is 2.30. The van der Waals surface area contributed by atoms with Crippen LogP contribution >= 0.6 is 0 Å². The Balaban J connectivity index is 2.61. The first-order chi connectivity index (χ1) is 7.42. The molecule has 0 spiro atoms. The second kappa shape index (κ2) is 5.17. The Kier molecular flexibility index (Phi) is 4.36. The van der Waals surface area contributed by atoms with E-state index in [0.29, 0.717) is 5.91 Å². The molecule has 16 heavy (non-hydrogen) atoms. The van der Waals surface area contributed by atoms with Gasteiger partial charge in [0.25, 0.3) is 0 Å². The molecule has 0 aromatic rings. The zero-order valence-electron chi connectivity index (χ0n) is 11.1. The molecule has 94 valence electrons. The zero-order valence-corrected chi connectivity index (χ0v) is 11.1. The zero-order chi connectivity index (χ0) is 12.3. The fraction of sp³-hybridized carbons (Fsp3) is 0.923. The lowest BCUT2D eigenvalue weighted by Gasteiger charge is -2.43. The fourth-order valence-corrected chi connectivity index (χ4v) is 2.28. The van der Waals surface area contributed by atoms with Gasteiger partial charge in [-0.1, -0.05) is 27.7 Å². The highest BCUT2D eigenvalue weighted by Gasteiger charge is 2.35. The molecule has 1 aliphatic rings. The molecular formula is C13H26N2O. The van der Waals surface area contributed by atoms with E-state index in [9.17, 15) is 4.79 Å². The number of piperidine rings is 1. The molecule has 2 N–H and O–H groups in total. The van der Waals surface area contributed by atoms with Gasteiger partial charge in [0.2, 0.25) is 5.91 Å². The molecule has 1 rings (SSSR count). The fourth-order valence-electron chi connectivity index (χ4n) is 2.28. The summed E-state index contributed by atoms with van der Waals surface area (Å²) >= 11 is 0. The average Bonchev–Trinajstić information content (AvgIpc) is 2.23. The molecule has 1 fully saturated rings. The maximum Gasteiger partial charge on any atom is 0.225 e. The molecule has 3 nitrogen and oxygen atoms in total. The Hall–Kier alpha value is -0.570. The number of likely N-dealkylation sites (tertiary alicyclic amines) is 1. The second-order valence-electron chi connectivity index (χ2n) is 5.64. The lowest BCUT2D eigenvalue weighted by atomic mass is 9.78. The van der Waals surface area contributed by atoms with Crippen molar-refractivity contribution >= 4 is 5.91 Å². The molecule has 1 saturated heterocycles. The molecule has 1 unspecified atom stereocenters. The number of hydrogen-bond acceptors (Lipinski definition) is 2. The van der Waals surface area contributed by atoms with Crippen molar-refractivity contribution in [2.45, 2.75) is 53.0 Å². The number of carbonyl (C=O) groups excluding carboxylic acids is 1. The summed E-state index contributed by atoms with van der Waals surface area (Å²) in [6, 6.07) is 0.111. The minimum absolute atomic E-state index is 0.111. The summed E-state index contributed by atoms with van der Waals surface area (Å²) in [4.78, 5) is 14.2. The van der Waals surface area contributed by atoms with E-state index >= 15 is 0 Å². The summed E-state index contributed by atoms with van der Waals surface area (Å²) in [6.07, 6.45) is 2.88. The Bertz CT molecular complexity index is 246. The van der Waals surface area contributed by atoms with Crippen LogP contribution in [-0.2, 0) is 4.79 Å². The highest BCUT2D eigenvalue weighted by atomic mass is 16.2. The molecule has 1 heterocycles. The average molecular weight is 226 g/mol. The Morgan fingerprint density at radius 1 is 1.44 bits per heavy atom. The number of nitrogens with zero attached hydrogens (tertiary/aromatic N) is 1. The molecule has 0 bridgehead atoms. The molecule has 3 heteroatoms. The summed E-state index contributed by atoms with van der Waals surface area (Å²) in [7, 11) is 0. The molecule has 0 aromatic carbocycles. The summed E-state index contributed by atoms with van der Waals surface area (Å²) in [6.45, 7) is 10.1. The summed E-state index contributed by atoms with van der Waals surface area (Å²) in [5.74, 6) is 0.490. The van der Waals surface area contributed by atoms with Crippen molar-refractivity contribution in [1.29, 1.82) is 0 Å². The quantitative estimate of drug-likeness (QED) is 0.800. The summed E-state index contributed by atoms with van der Waals surface area (Å²) in [5.41, 5.74) is 6.30. The van der Waals surface area contributed by atoms with E-state index in [1.54, 1.807) is 0 Å². The standard InChI is InChI=1S/C13H26N2O/c1-5-10(6-2)12(16)15-8-7-13(3,4)11(14)9-15/h10-11H,5-9,14H2,1-4H3. The van der Waals surface area contributed by atoms with E-state index in [1.807, 2.05) is 4.90 Å². The van der Waals surface area contributed by atoms with E-state index in [4.69, 9.17) is 5.73 Å². The number of carbonyl (C=O) groups is 1. The Labute approximate surface area is 99.4 Å². The lowest BCUT2D eigenvalue weighted by molar-refractivity contribution is -0.138. The van der Waals surface area contributed by atoms with Crippen LogP contribution in [0.2, 0.25) is 0 Å². The third-order valence-electron chi connectivity index (χ3n) is 4.09. The van der Waals surface area contributed by atoms with Crippen LogP contribution < -0.4 is 5.73 Å². The van der Waals surface area contributed by atoms with Crippen molar-refractivity contribution in [3.63, 3.8) is 0 Å². The predicted molar refractivity (Wildman–Crippen MR) is 67.0 cm³/mol. The van der Waals surface area contributed by atoms with Crippen LogP contribution in [0.15, 0.2) is 0 Å². The van der Waals surface area contributed by atoms with Crippen LogP contribution in [0.25, 0.3) is 0 Å². The van der Waals surface area contributed by atoms with Gasteiger partial charge in [0, 0.05) is 25.0 Å². The van der Waals surface area contributed by atoms with Crippen molar-refractivity contribution in [1.82, 2.24) is 4.90 Å². The number of hydrogen-bond donors (Lipinski definition) is 1.